The number of esters is 1. The monoisotopic (exact) mass is 559 g/mol. The predicted molar refractivity (Wildman–Crippen MR) is 155 cm³/mol. The lowest BCUT2D eigenvalue weighted by atomic mass is 9.97. The van der Waals surface area contributed by atoms with Crippen molar-refractivity contribution in [2.24, 2.45) is 10.9 Å². The van der Waals surface area contributed by atoms with Crippen LogP contribution in [-0.4, -0.2) is 30.2 Å². The Morgan fingerprint density at radius 1 is 1.13 bits per heavy atom. The number of aromatic nitrogens is 1. The normalized spacial score (nSPS) is 18.3. The molecule has 2 aliphatic heterocycles. The van der Waals surface area contributed by atoms with E-state index < -0.39 is 12.0 Å². The van der Waals surface area contributed by atoms with E-state index in [2.05, 4.69) is 11.8 Å². The molecule has 0 N–H and O–H groups in total. The number of anilines is 1. The maximum absolute atomic E-state index is 13.9. The Bertz CT molecular complexity index is 1690. The lowest BCUT2D eigenvalue weighted by Gasteiger charge is -2.29. The SMILES string of the molecule is CCOC(=O)C1=C(c2ccccc2)N=c2s/c(=C/c3ccc(N4CCC(C)CC4)o3)c(=O)n2[C@H]1c1cccs1. The van der Waals surface area contributed by atoms with Gasteiger partial charge in [0.1, 0.15) is 11.8 Å². The Morgan fingerprint density at radius 3 is 2.64 bits per heavy atom. The van der Waals surface area contributed by atoms with Crippen molar-refractivity contribution in [3.8, 4) is 0 Å². The van der Waals surface area contributed by atoms with Crippen LogP contribution in [0.2, 0.25) is 0 Å². The number of carbonyl (C=O) groups is 1. The number of benzene rings is 1. The van der Waals surface area contributed by atoms with Crippen LogP contribution in [0.1, 0.15) is 48.9 Å². The summed E-state index contributed by atoms with van der Waals surface area (Å²) in [4.78, 5) is 35.8. The van der Waals surface area contributed by atoms with E-state index >= 15 is 0 Å². The molecule has 1 fully saturated rings. The van der Waals surface area contributed by atoms with Gasteiger partial charge in [-0.3, -0.25) is 9.36 Å². The molecule has 1 saturated heterocycles. The molecule has 4 aromatic rings. The molecule has 0 radical (unpaired) electrons. The van der Waals surface area contributed by atoms with Crippen molar-refractivity contribution in [2.45, 2.75) is 32.7 Å². The van der Waals surface area contributed by atoms with Gasteiger partial charge < -0.3 is 14.1 Å². The Kier molecular flexibility index (Phi) is 7.10. The van der Waals surface area contributed by atoms with Gasteiger partial charge in [0.2, 0.25) is 0 Å². The fourth-order valence-corrected chi connectivity index (χ4v) is 6.91. The third-order valence-electron chi connectivity index (χ3n) is 7.17. The number of fused-ring (bicyclic) bond motifs is 1. The molecule has 6 rings (SSSR count). The Labute approximate surface area is 234 Å². The molecule has 0 aliphatic carbocycles. The lowest BCUT2D eigenvalue weighted by molar-refractivity contribution is -0.138. The largest absolute Gasteiger partial charge is 0.463 e. The Morgan fingerprint density at radius 2 is 1.92 bits per heavy atom. The first-order chi connectivity index (χ1) is 19.0. The van der Waals surface area contributed by atoms with E-state index in [1.807, 2.05) is 60.0 Å². The highest BCUT2D eigenvalue weighted by atomic mass is 32.1. The number of rotatable bonds is 6. The summed E-state index contributed by atoms with van der Waals surface area (Å²) in [5.74, 6) is 1.70. The molecule has 5 heterocycles. The minimum atomic E-state index is -0.639. The predicted octanol–water partition coefficient (Wildman–Crippen LogP) is 4.83. The van der Waals surface area contributed by atoms with E-state index in [1.54, 1.807) is 17.6 Å². The second kappa shape index (κ2) is 10.8. The summed E-state index contributed by atoms with van der Waals surface area (Å²) in [7, 11) is 0. The molecule has 0 amide bonds. The van der Waals surface area contributed by atoms with Gasteiger partial charge in [-0.25, -0.2) is 9.79 Å². The number of piperidine rings is 1. The standard InChI is InChI=1S/C30H29N3O4S2/c1-3-36-29(35)25-26(20-8-5-4-6-9-20)31-30-33(27(25)22-10-7-17-38-22)28(34)23(39-30)18-21-11-12-24(37-21)32-15-13-19(2)14-16-32/h4-12,17-19,27H,3,13-16H2,1-2H3/b23-18+/t27-/m0/s1. The van der Waals surface area contributed by atoms with Crippen LogP contribution in [0.4, 0.5) is 5.88 Å². The van der Waals surface area contributed by atoms with Gasteiger partial charge in [-0.1, -0.05) is 54.7 Å². The van der Waals surface area contributed by atoms with E-state index in [0.717, 1.165) is 48.2 Å². The summed E-state index contributed by atoms with van der Waals surface area (Å²) < 4.78 is 13.8. The number of ether oxygens (including phenoxy) is 1. The van der Waals surface area contributed by atoms with Crippen LogP contribution in [0, 0.1) is 5.92 Å². The van der Waals surface area contributed by atoms with Crippen LogP contribution in [0.3, 0.4) is 0 Å². The highest BCUT2D eigenvalue weighted by molar-refractivity contribution is 7.10. The van der Waals surface area contributed by atoms with Gasteiger partial charge in [-0.05, 0) is 43.2 Å². The van der Waals surface area contributed by atoms with Gasteiger partial charge in [0.15, 0.2) is 10.7 Å². The number of thiazole rings is 1. The van der Waals surface area contributed by atoms with Crippen LogP contribution < -0.4 is 19.8 Å². The molecule has 0 saturated carbocycles. The maximum Gasteiger partial charge on any atom is 0.338 e. The van der Waals surface area contributed by atoms with E-state index in [9.17, 15) is 9.59 Å². The highest BCUT2D eigenvalue weighted by Crippen LogP contribution is 2.36. The van der Waals surface area contributed by atoms with E-state index in [-0.39, 0.29) is 12.2 Å². The summed E-state index contributed by atoms with van der Waals surface area (Å²) in [5, 5.41) is 1.95. The number of carbonyl (C=O) groups excluding carboxylic acids is 1. The first kappa shape index (κ1) is 25.6. The third kappa shape index (κ3) is 4.92. The number of thiophene rings is 1. The molecule has 3 aromatic heterocycles. The zero-order chi connectivity index (χ0) is 26.9. The van der Waals surface area contributed by atoms with Gasteiger partial charge in [0.05, 0.1) is 22.4 Å². The quantitative estimate of drug-likeness (QED) is 0.317. The van der Waals surface area contributed by atoms with Gasteiger partial charge in [0, 0.05) is 35.7 Å². The van der Waals surface area contributed by atoms with Crippen LogP contribution in [0.15, 0.2) is 79.8 Å². The molecule has 0 spiro atoms. The second-order valence-electron chi connectivity index (χ2n) is 9.79. The van der Waals surface area contributed by atoms with Crippen LogP contribution in [-0.2, 0) is 9.53 Å². The Hall–Kier alpha value is -3.69. The minimum absolute atomic E-state index is 0.212. The van der Waals surface area contributed by atoms with Gasteiger partial charge in [0.25, 0.3) is 5.56 Å². The van der Waals surface area contributed by atoms with E-state index in [0.29, 0.717) is 26.4 Å². The number of hydrogen-bond acceptors (Lipinski definition) is 8. The average Bonchev–Trinajstić information content (AvgIpc) is 3.71. The van der Waals surface area contributed by atoms with Crippen LogP contribution >= 0.6 is 22.7 Å². The van der Waals surface area contributed by atoms with E-state index in [1.165, 1.54) is 22.7 Å². The third-order valence-corrected chi connectivity index (χ3v) is 9.08. The minimum Gasteiger partial charge on any atom is -0.463 e. The average molecular weight is 560 g/mol. The van der Waals surface area contributed by atoms with Crippen molar-refractivity contribution >= 4 is 46.3 Å². The van der Waals surface area contributed by atoms with Gasteiger partial charge >= 0.3 is 5.97 Å². The molecule has 9 heteroatoms. The van der Waals surface area contributed by atoms with Crippen molar-refractivity contribution in [2.75, 3.05) is 24.6 Å². The summed E-state index contributed by atoms with van der Waals surface area (Å²) in [6, 6.07) is 16.7. The summed E-state index contributed by atoms with van der Waals surface area (Å²) in [6.45, 7) is 6.22. The molecular weight excluding hydrogens is 530 g/mol. The topological polar surface area (TPSA) is 77.0 Å². The smallest absolute Gasteiger partial charge is 0.338 e. The fourth-order valence-electron chi connectivity index (χ4n) is 5.10. The molecule has 1 atom stereocenters. The number of hydrogen-bond donors (Lipinski definition) is 0. The lowest BCUT2D eigenvalue weighted by Crippen LogP contribution is -2.39. The Balaban J connectivity index is 1.49. The first-order valence-electron chi connectivity index (χ1n) is 13.2. The molecule has 0 unspecified atom stereocenters. The molecule has 200 valence electrons. The highest BCUT2D eigenvalue weighted by Gasteiger charge is 2.35. The maximum atomic E-state index is 13.9. The van der Waals surface area contributed by atoms with Crippen molar-refractivity contribution in [3.05, 3.63) is 101 Å². The zero-order valence-corrected chi connectivity index (χ0v) is 23.5. The van der Waals surface area contributed by atoms with Gasteiger partial charge in [-0.2, -0.15) is 0 Å². The molecule has 0 bridgehead atoms. The summed E-state index contributed by atoms with van der Waals surface area (Å²) in [5.41, 5.74) is 1.48. The zero-order valence-electron chi connectivity index (χ0n) is 21.8. The molecule has 7 nitrogen and oxygen atoms in total. The van der Waals surface area contributed by atoms with Crippen molar-refractivity contribution in [1.82, 2.24) is 4.57 Å². The number of nitrogens with zero attached hydrogens (tertiary/aromatic N) is 3. The van der Waals surface area contributed by atoms with Crippen LogP contribution in [0.25, 0.3) is 11.8 Å². The molecular formula is C30H29N3O4S2. The van der Waals surface area contributed by atoms with Crippen molar-refractivity contribution in [3.63, 3.8) is 0 Å². The summed E-state index contributed by atoms with van der Waals surface area (Å²) in [6.07, 6.45) is 4.06. The summed E-state index contributed by atoms with van der Waals surface area (Å²) >= 11 is 2.80. The first-order valence-corrected chi connectivity index (χ1v) is 14.9. The van der Waals surface area contributed by atoms with Gasteiger partial charge in [-0.15, -0.1) is 11.3 Å². The second-order valence-corrected chi connectivity index (χ2v) is 11.8. The number of furan rings is 1. The van der Waals surface area contributed by atoms with E-state index in [4.69, 9.17) is 14.1 Å². The molecule has 1 aromatic carbocycles. The molecule has 2 aliphatic rings. The van der Waals surface area contributed by atoms with Crippen molar-refractivity contribution < 1.29 is 13.9 Å². The fraction of sp³-hybridized carbons (Fsp3) is 0.300. The molecule has 39 heavy (non-hydrogen) atoms. The van der Waals surface area contributed by atoms with Crippen molar-refractivity contribution in [1.29, 1.82) is 0 Å². The van der Waals surface area contributed by atoms with Crippen LogP contribution in [0.5, 0.6) is 0 Å².